The molecule has 0 saturated carbocycles. The van der Waals surface area contributed by atoms with E-state index < -0.39 is 4.92 Å². The monoisotopic (exact) mass is 290 g/mol. The van der Waals surface area contributed by atoms with Crippen LogP contribution in [-0.4, -0.2) is 11.5 Å². The van der Waals surface area contributed by atoms with Gasteiger partial charge in [0.05, 0.1) is 4.92 Å². The predicted molar refractivity (Wildman–Crippen MR) is 78.0 cm³/mol. The number of anilines is 1. The molecule has 0 saturated heterocycles. The van der Waals surface area contributed by atoms with E-state index in [1.54, 1.807) is 24.3 Å². The van der Waals surface area contributed by atoms with Gasteiger partial charge in [0.1, 0.15) is 23.9 Å². The Morgan fingerprint density at radius 3 is 2.76 bits per heavy atom. The van der Waals surface area contributed by atoms with E-state index in [1.807, 2.05) is 6.92 Å². The minimum absolute atomic E-state index is 0.0198. The first-order valence-corrected chi connectivity index (χ1v) is 6.49. The van der Waals surface area contributed by atoms with Crippen molar-refractivity contribution >= 4 is 11.4 Å². The molecule has 2 aromatic carbocycles. The van der Waals surface area contributed by atoms with Crippen LogP contribution in [0.5, 0.6) is 5.75 Å². The number of nitrogens with one attached hydrogen (secondary N) is 1. The van der Waals surface area contributed by atoms with Gasteiger partial charge in [-0.15, -0.1) is 0 Å². The summed E-state index contributed by atoms with van der Waals surface area (Å²) < 4.78 is 18.5. The molecule has 5 nitrogen and oxygen atoms in total. The molecule has 0 atom stereocenters. The Bertz CT molecular complexity index is 647. The quantitative estimate of drug-likeness (QED) is 0.650. The normalized spacial score (nSPS) is 10.2. The highest BCUT2D eigenvalue weighted by Crippen LogP contribution is 2.26. The van der Waals surface area contributed by atoms with Gasteiger partial charge in [0.25, 0.3) is 5.69 Å². The molecular weight excluding hydrogens is 275 g/mol. The smallest absolute Gasteiger partial charge is 0.292 e. The zero-order valence-corrected chi connectivity index (χ0v) is 11.5. The predicted octanol–water partition coefficient (Wildman–Crippen LogP) is 3.74. The summed E-state index contributed by atoms with van der Waals surface area (Å²) in [5, 5.41) is 13.9. The topological polar surface area (TPSA) is 64.4 Å². The van der Waals surface area contributed by atoms with Crippen molar-refractivity contribution in [1.29, 1.82) is 0 Å². The minimum atomic E-state index is -0.435. The van der Waals surface area contributed by atoms with E-state index in [4.69, 9.17) is 4.74 Å². The molecule has 0 aliphatic heterocycles. The second-order valence-electron chi connectivity index (χ2n) is 4.38. The van der Waals surface area contributed by atoms with Gasteiger partial charge in [0, 0.05) is 18.7 Å². The van der Waals surface area contributed by atoms with E-state index in [-0.39, 0.29) is 18.1 Å². The molecule has 6 heteroatoms. The average molecular weight is 290 g/mol. The van der Waals surface area contributed by atoms with Crippen LogP contribution < -0.4 is 10.1 Å². The lowest BCUT2D eigenvalue weighted by Gasteiger charge is -2.09. The van der Waals surface area contributed by atoms with E-state index in [0.717, 1.165) is 5.56 Å². The Morgan fingerprint density at radius 1 is 1.29 bits per heavy atom. The van der Waals surface area contributed by atoms with Crippen LogP contribution in [0.3, 0.4) is 0 Å². The Morgan fingerprint density at radius 2 is 2.10 bits per heavy atom. The first kappa shape index (κ1) is 14.8. The number of rotatable bonds is 6. The first-order chi connectivity index (χ1) is 10.1. The van der Waals surface area contributed by atoms with Gasteiger partial charge < -0.3 is 10.1 Å². The third-order valence-corrected chi connectivity index (χ3v) is 2.83. The molecule has 0 unspecified atom stereocenters. The van der Waals surface area contributed by atoms with E-state index in [9.17, 15) is 14.5 Å². The highest BCUT2D eigenvalue weighted by molar-refractivity contribution is 5.62. The maximum atomic E-state index is 13.0. The third-order valence-electron chi connectivity index (χ3n) is 2.83. The number of benzene rings is 2. The minimum Gasteiger partial charge on any atom is -0.489 e. The van der Waals surface area contributed by atoms with Crippen molar-refractivity contribution in [2.75, 3.05) is 11.9 Å². The van der Waals surface area contributed by atoms with Gasteiger partial charge in [-0.3, -0.25) is 10.1 Å². The Kier molecular flexibility index (Phi) is 4.71. The van der Waals surface area contributed by atoms with Crippen LogP contribution >= 0.6 is 0 Å². The van der Waals surface area contributed by atoms with Gasteiger partial charge in [-0.25, -0.2) is 4.39 Å². The average Bonchev–Trinajstić information content (AvgIpc) is 2.45. The fourth-order valence-electron chi connectivity index (χ4n) is 1.89. The largest absolute Gasteiger partial charge is 0.489 e. The molecule has 0 amide bonds. The summed E-state index contributed by atoms with van der Waals surface area (Å²) in [6.45, 7) is 2.65. The highest BCUT2D eigenvalue weighted by Gasteiger charge is 2.13. The lowest BCUT2D eigenvalue weighted by Crippen LogP contribution is -2.03. The SMILES string of the molecule is CCNc1cc(COc2cccc(F)c2)ccc1[N+](=O)[O-]. The summed E-state index contributed by atoms with van der Waals surface area (Å²) >= 11 is 0. The second kappa shape index (κ2) is 6.69. The lowest BCUT2D eigenvalue weighted by molar-refractivity contribution is -0.384. The number of nitrogens with zero attached hydrogens (tertiary/aromatic N) is 1. The molecule has 0 aromatic heterocycles. The molecule has 0 heterocycles. The molecule has 1 N–H and O–H groups in total. The summed E-state index contributed by atoms with van der Waals surface area (Å²) in [6.07, 6.45) is 0. The molecule has 0 spiro atoms. The Hall–Kier alpha value is -2.63. The van der Waals surface area contributed by atoms with Crippen LogP contribution in [0, 0.1) is 15.9 Å². The van der Waals surface area contributed by atoms with Crippen molar-refractivity contribution in [2.45, 2.75) is 13.5 Å². The summed E-state index contributed by atoms with van der Waals surface area (Å²) in [6, 6.07) is 10.6. The number of halogens is 1. The highest BCUT2D eigenvalue weighted by atomic mass is 19.1. The van der Waals surface area contributed by atoms with Crippen LogP contribution in [-0.2, 0) is 6.61 Å². The van der Waals surface area contributed by atoms with Crippen molar-refractivity contribution in [3.8, 4) is 5.75 Å². The third kappa shape index (κ3) is 3.92. The zero-order chi connectivity index (χ0) is 15.2. The van der Waals surface area contributed by atoms with Gasteiger partial charge in [-0.05, 0) is 36.8 Å². The molecule has 110 valence electrons. The standard InChI is InChI=1S/C15H15FN2O3/c1-2-17-14-8-11(6-7-15(14)18(19)20)10-21-13-5-3-4-12(16)9-13/h3-9,17H,2,10H2,1H3. The maximum Gasteiger partial charge on any atom is 0.292 e. The number of nitro benzene ring substituents is 1. The number of hydrogen-bond donors (Lipinski definition) is 1. The summed E-state index contributed by atoms with van der Waals surface area (Å²) in [5.41, 5.74) is 1.23. The van der Waals surface area contributed by atoms with Gasteiger partial charge in [-0.1, -0.05) is 6.07 Å². The van der Waals surface area contributed by atoms with Crippen molar-refractivity contribution in [1.82, 2.24) is 0 Å². The summed E-state index contributed by atoms with van der Waals surface area (Å²) in [4.78, 5) is 10.5. The van der Waals surface area contributed by atoms with E-state index in [2.05, 4.69) is 5.32 Å². The molecule has 0 radical (unpaired) electrons. The Balaban J connectivity index is 2.13. The van der Waals surface area contributed by atoms with Crippen molar-refractivity contribution in [3.05, 3.63) is 64.0 Å². The van der Waals surface area contributed by atoms with Crippen molar-refractivity contribution in [3.63, 3.8) is 0 Å². The van der Waals surface area contributed by atoms with Gasteiger partial charge in [0.2, 0.25) is 0 Å². The summed E-state index contributed by atoms with van der Waals surface area (Å²) in [5.74, 6) is 0.0443. The molecule has 0 aliphatic rings. The first-order valence-electron chi connectivity index (χ1n) is 6.49. The van der Waals surface area contributed by atoms with E-state index in [0.29, 0.717) is 18.0 Å². The van der Waals surface area contributed by atoms with Gasteiger partial charge in [-0.2, -0.15) is 0 Å². The van der Waals surface area contributed by atoms with Gasteiger partial charge in [0.15, 0.2) is 0 Å². The number of hydrogen-bond acceptors (Lipinski definition) is 4. The fourth-order valence-corrected chi connectivity index (χ4v) is 1.89. The van der Waals surface area contributed by atoms with Crippen molar-refractivity contribution in [2.24, 2.45) is 0 Å². The van der Waals surface area contributed by atoms with Crippen LogP contribution in [0.15, 0.2) is 42.5 Å². The van der Waals surface area contributed by atoms with Crippen LogP contribution in [0.25, 0.3) is 0 Å². The molecule has 0 fully saturated rings. The number of ether oxygens (including phenoxy) is 1. The molecule has 2 aromatic rings. The van der Waals surface area contributed by atoms with Gasteiger partial charge >= 0.3 is 0 Å². The lowest BCUT2D eigenvalue weighted by atomic mass is 10.2. The van der Waals surface area contributed by atoms with E-state index >= 15 is 0 Å². The van der Waals surface area contributed by atoms with Crippen LogP contribution in [0.4, 0.5) is 15.8 Å². The fraction of sp³-hybridized carbons (Fsp3) is 0.200. The zero-order valence-electron chi connectivity index (χ0n) is 11.5. The molecular formula is C15H15FN2O3. The number of nitro groups is 1. The second-order valence-corrected chi connectivity index (χ2v) is 4.38. The Labute approximate surface area is 121 Å². The summed E-state index contributed by atoms with van der Waals surface area (Å²) in [7, 11) is 0. The molecule has 21 heavy (non-hydrogen) atoms. The van der Waals surface area contributed by atoms with E-state index in [1.165, 1.54) is 18.2 Å². The molecule has 0 bridgehead atoms. The van der Waals surface area contributed by atoms with Crippen LogP contribution in [0.2, 0.25) is 0 Å². The maximum absolute atomic E-state index is 13.0. The van der Waals surface area contributed by atoms with Crippen LogP contribution in [0.1, 0.15) is 12.5 Å². The molecule has 0 aliphatic carbocycles. The molecule has 2 rings (SSSR count). The van der Waals surface area contributed by atoms with Crippen molar-refractivity contribution < 1.29 is 14.1 Å².